The zero-order valence-corrected chi connectivity index (χ0v) is 18.4. The Morgan fingerprint density at radius 3 is 2.53 bits per heavy atom. The van der Waals surface area contributed by atoms with Crippen molar-refractivity contribution >= 4 is 11.8 Å². The number of alkyl halides is 3. The molecule has 0 radical (unpaired) electrons. The number of nitrogens with zero attached hydrogens (tertiary/aromatic N) is 3. The molecule has 3 aromatic rings. The molecule has 4 rings (SSSR count). The highest BCUT2D eigenvalue weighted by molar-refractivity contribution is 5.73. The summed E-state index contributed by atoms with van der Waals surface area (Å²) in [6.45, 7) is 0.968. The van der Waals surface area contributed by atoms with Crippen LogP contribution in [0.15, 0.2) is 67.0 Å². The van der Waals surface area contributed by atoms with Crippen LogP contribution >= 0.6 is 0 Å². The van der Waals surface area contributed by atoms with Crippen molar-refractivity contribution in [3.8, 4) is 5.75 Å². The molecule has 0 bridgehead atoms. The average Bonchev–Trinajstić information content (AvgIpc) is 2.87. The first-order valence-corrected chi connectivity index (χ1v) is 11.0. The van der Waals surface area contributed by atoms with Gasteiger partial charge in [0.1, 0.15) is 24.8 Å². The molecule has 1 aromatic carbocycles. The van der Waals surface area contributed by atoms with Gasteiger partial charge in [0.05, 0.1) is 17.2 Å². The van der Waals surface area contributed by atoms with E-state index in [1.165, 1.54) is 17.2 Å². The predicted molar refractivity (Wildman–Crippen MR) is 119 cm³/mol. The molecule has 1 fully saturated rings. The second-order valence-electron chi connectivity index (χ2n) is 8.02. The van der Waals surface area contributed by atoms with E-state index in [0.29, 0.717) is 31.7 Å². The minimum Gasteiger partial charge on any atom is -0.487 e. The molecule has 3 heterocycles. The first-order valence-electron chi connectivity index (χ1n) is 11.0. The van der Waals surface area contributed by atoms with E-state index >= 15 is 0 Å². The number of benzene rings is 1. The average molecular weight is 471 g/mol. The van der Waals surface area contributed by atoms with Crippen molar-refractivity contribution < 1.29 is 27.4 Å². The van der Waals surface area contributed by atoms with E-state index in [0.717, 1.165) is 17.3 Å². The summed E-state index contributed by atoms with van der Waals surface area (Å²) >= 11 is 0. The molecule has 2 aromatic heterocycles. The molecule has 1 aliphatic heterocycles. The number of hydrogen-bond acceptors (Lipinski definition) is 6. The lowest BCUT2D eigenvalue weighted by molar-refractivity contribution is -0.150. The summed E-state index contributed by atoms with van der Waals surface area (Å²) in [5.74, 6) is -0.421. The minimum absolute atomic E-state index is 0.0766. The molecular formula is C25H24F3N3O3. The van der Waals surface area contributed by atoms with E-state index < -0.39 is 23.6 Å². The predicted octanol–water partition coefficient (Wildman–Crippen LogP) is 5.03. The number of ether oxygens (including phenoxy) is 2. The van der Waals surface area contributed by atoms with Crippen molar-refractivity contribution in [2.75, 3.05) is 18.0 Å². The molecule has 1 aliphatic rings. The maximum Gasteiger partial charge on any atom is 0.419 e. The van der Waals surface area contributed by atoms with Crippen LogP contribution in [-0.4, -0.2) is 29.0 Å². The fraction of sp³-hybridized carbons (Fsp3) is 0.320. The van der Waals surface area contributed by atoms with Gasteiger partial charge in [-0.3, -0.25) is 9.78 Å². The van der Waals surface area contributed by atoms with Crippen LogP contribution in [0.3, 0.4) is 0 Å². The first kappa shape index (κ1) is 23.5. The SMILES string of the molecule is O=C(OCc1ccc(OCc2ccccn2)cc1)C1CCCN(c2ncccc2C(F)(F)F)C1. The fourth-order valence-electron chi connectivity index (χ4n) is 3.83. The second-order valence-corrected chi connectivity index (χ2v) is 8.02. The van der Waals surface area contributed by atoms with Crippen molar-refractivity contribution in [2.45, 2.75) is 32.2 Å². The summed E-state index contributed by atoms with van der Waals surface area (Å²) in [7, 11) is 0. The molecule has 0 saturated carbocycles. The Morgan fingerprint density at radius 1 is 1.00 bits per heavy atom. The fourth-order valence-corrected chi connectivity index (χ4v) is 3.83. The number of hydrogen-bond donors (Lipinski definition) is 0. The number of aromatic nitrogens is 2. The zero-order chi connectivity index (χ0) is 24.0. The number of pyridine rings is 2. The summed E-state index contributed by atoms with van der Waals surface area (Å²) in [6.07, 6.45) is -0.339. The van der Waals surface area contributed by atoms with Crippen LogP contribution in [0.2, 0.25) is 0 Å². The van der Waals surface area contributed by atoms with Crippen LogP contribution in [0.4, 0.5) is 19.0 Å². The van der Waals surface area contributed by atoms with E-state index in [4.69, 9.17) is 9.47 Å². The Kier molecular flexibility index (Phi) is 7.30. The van der Waals surface area contributed by atoms with E-state index in [1.54, 1.807) is 30.5 Å². The highest BCUT2D eigenvalue weighted by Crippen LogP contribution is 2.36. The molecule has 1 unspecified atom stereocenters. The molecule has 6 nitrogen and oxygen atoms in total. The Labute approximate surface area is 195 Å². The largest absolute Gasteiger partial charge is 0.487 e. The van der Waals surface area contributed by atoms with Gasteiger partial charge in [-0.1, -0.05) is 18.2 Å². The highest BCUT2D eigenvalue weighted by Gasteiger charge is 2.37. The lowest BCUT2D eigenvalue weighted by Gasteiger charge is -2.33. The highest BCUT2D eigenvalue weighted by atomic mass is 19.4. The number of piperidine rings is 1. The normalized spacial score (nSPS) is 16.2. The smallest absolute Gasteiger partial charge is 0.419 e. The number of halogens is 3. The Morgan fingerprint density at radius 2 is 1.79 bits per heavy atom. The van der Waals surface area contributed by atoms with E-state index in [9.17, 15) is 18.0 Å². The third-order valence-electron chi connectivity index (χ3n) is 5.56. The van der Waals surface area contributed by atoms with E-state index in [-0.39, 0.29) is 19.0 Å². The van der Waals surface area contributed by atoms with Crippen molar-refractivity contribution in [1.82, 2.24) is 9.97 Å². The molecule has 1 saturated heterocycles. The molecule has 0 aliphatic carbocycles. The third kappa shape index (κ3) is 6.03. The van der Waals surface area contributed by atoms with Gasteiger partial charge in [-0.15, -0.1) is 0 Å². The van der Waals surface area contributed by atoms with Crippen LogP contribution in [0.25, 0.3) is 0 Å². The summed E-state index contributed by atoms with van der Waals surface area (Å²) in [4.78, 5) is 22.3. The minimum atomic E-state index is -4.51. The maximum absolute atomic E-state index is 13.4. The number of carbonyl (C=O) groups excluding carboxylic acids is 1. The van der Waals surface area contributed by atoms with Crippen LogP contribution in [0.5, 0.6) is 5.75 Å². The number of anilines is 1. The molecule has 1 atom stereocenters. The van der Waals surface area contributed by atoms with E-state index in [2.05, 4.69) is 9.97 Å². The monoisotopic (exact) mass is 471 g/mol. The first-order chi connectivity index (χ1) is 16.4. The summed E-state index contributed by atoms with van der Waals surface area (Å²) in [6, 6.07) is 15.0. The molecule has 0 spiro atoms. The number of esters is 1. The van der Waals surface area contributed by atoms with Gasteiger partial charge in [0, 0.05) is 25.5 Å². The topological polar surface area (TPSA) is 64.6 Å². The summed E-state index contributed by atoms with van der Waals surface area (Å²) in [5, 5.41) is 0. The number of rotatable bonds is 7. The van der Waals surface area contributed by atoms with Crippen molar-refractivity contribution in [3.63, 3.8) is 0 Å². The quantitative estimate of drug-likeness (QED) is 0.450. The number of carbonyl (C=O) groups is 1. The molecule has 34 heavy (non-hydrogen) atoms. The van der Waals surface area contributed by atoms with Crippen molar-refractivity contribution in [2.24, 2.45) is 5.92 Å². The Hall–Kier alpha value is -3.62. The van der Waals surface area contributed by atoms with Gasteiger partial charge in [-0.2, -0.15) is 13.2 Å². The van der Waals surface area contributed by atoms with Gasteiger partial charge < -0.3 is 14.4 Å². The van der Waals surface area contributed by atoms with Gasteiger partial charge in [-0.05, 0) is 54.8 Å². The van der Waals surface area contributed by atoms with Gasteiger partial charge in [0.2, 0.25) is 0 Å². The standard InChI is InChI=1S/C25H24F3N3O3/c26-25(27,28)22-7-3-13-30-23(22)31-14-4-5-19(15-31)24(32)34-16-18-8-10-21(11-9-18)33-17-20-6-1-2-12-29-20/h1-3,6-13,19H,4-5,14-17H2. The lowest BCUT2D eigenvalue weighted by Crippen LogP contribution is -2.40. The van der Waals surface area contributed by atoms with Gasteiger partial charge >= 0.3 is 12.1 Å². The molecular weight excluding hydrogens is 447 g/mol. The van der Waals surface area contributed by atoms with Crippen LogP contribution in [-0.2, 0) is 28.9 Å². The Bertz CT molecular complexity index is 1090. The summed E-state index contributed by atoms with van der Waals surface area (Å²) < 4.78 is 51.2. The van der Waals surface area contributed by atoms with E-state index in [1.807, 2.05) is 18.2 Å². The molecule has 0 N–H and O–H groups in total. The third-order valence-corrected chi connectivity index (χ3v) is 5.56. The van der Waals surface area contributed by atoms with Crippen LogP contribution < -0.4 is 9.64 Å². The molecule has 0 amide bonds. The zero-order valence-electron chi connectivity index (χ0n) is 18.4. The molecule has 178 valence electrons. The van der Waals surface area contributed by atoms with Gasteiger partial charge in [-0.25, -0.2) is 4.98 Å². The van der Waals surface area contributed by atoms with Crippen LogP contribution in [0, 0.1) is 5.92 Å². The van der Waals surface area contributed by atoms with Crippen molar-refractivity contribution in [1.29, 1.82) is 0 Å². The van der Waals surface area contributed by atoms with Crippen molar-refractivity contribution in [3.05, 3.63) is 83.8 Å². The maximum atomic E-state index is 13.4. The van der Waals surface area contributed by atoms with Gasteiger partial charge in [0.25, 0.3) is 0 Å². The van der Waals surface area contributed by atoms with Gasteiger partial charge in [0.15, 0.2) is 0 Å². The lowest BCUT2D eigenvalue weighted by atomic mass is 9.97. The van der Waals surface area contributed by atoms with Crippen LogP contribution in [0.1, 0.15) is 29.7 Å². The Balaban J connectivity index is 1.30. The molecule has 9 heteroatoms. The summed E-state index contributed by atoms with van der Waals surface area (Å²) in [5.41, 5.74) is 0.805. The second kappa shape index (κ2) is 10.5.